The van der Waals surface area contributed by atoms with Gasteiger partial charge in [0.05, 0.1) is 0 Å². The van der Waals surface area contributed by atoms with Crippen LogP contribution in [0.2, 0.25) is 0 Å². The van der Waals surface area contributed by atoms with Gasteiger partial charge in [0.1, 0.15) is 17.8 Å². The number of aromatic nitrogens is 3. The second-order valence-electron chi connectivity index (χ2n) is 5.37. The molecule has 0 aliphatic rings. The van der Waals surface area contributed by atoms with E-state index in [2.05, 4.69) is 47.1 Å². The van der Waals surface area contributed by atoms with Crippen molar-refractivity contribution in [2.45, 2.75) is 6.92 Å². The highest BCUT2D eigenvalue weighted by molar-refractivity contribution is 9.10. The lowest BCUT2D eigenvalue weighted by Crippen LogP contribution is -2.30. The van der Waals surface area contributed by atoms with Gasteiger partial charge in [-0.15, -0.1) is 0 Å². The van der Waals surface area contributed by atoms with Gasteiger partial charge in [-0.1, -0.05) is 18.2 Å². The quantitative estimate of drug-likeness (QED) is 0.474. The van der Waals surface area contributed by atoms with Crippen molar-refractivity contribution in [3.63, 3.8) is 0 Å². The fraction of sp³-hybridized carbons (Fsp3) is 0.0588. The number of aryl methyl sites for hydroxylation is 1. The minimum atomic E-state index is -0.287. The van der Waals surface area contributed by atoms with Crippen LogP contribution in [-0.2, 0) is 0 Å². The fourth-order valence-electron chi connectivity index (χ4n) is 2.18. The van der Waals surface area contributed by atoms with Crippen molar-refractivity contribution >= 4 is 45.0 Å². The summed E-state index contributed by atoms with van der Waals surface area (Å²) in [6.07, 6.45) is 2.99. The van der Waals surface area contributed by atoms with E-state index in [0.717, 1.165) is 10.0 Å². The Labute approximate surface area is 158 Å². The summed E-state index contributed by atoms with van der Waals surface area (Å²) in [5.74, 6) is 0.947. The fourth-order valence-corrected chi connectivity index (χ4v) is 2.41. The Kier molecular flexibility index (Phi) is 5.28. The number of carbonyl (C=O) groups is 1. The van der Waals surface area contributed by atoms with Crippen molar-refractivity contribution in [3.05, 3.63) is 64.5 Å². The molecule has 3 rings (SSSR count). The second-order valence-corrected chi connectivity index (χ2v) is 6.28. The van der Waals surface area contributed by atoms with E-state index in [0.29, 0.717) is 17.2 Å². The molecule has 1 aromatic carbocycles. The molecule has 0 aliphatic heterocycles. The zero-order valence-electron chi connectivity index (χ0n) is 13.8. The Morgan fingerprint density at radius 2 is 1.85 bits per heavy atom. The SMILES string of the molecule is Cc1ccccc1C(=O)NNc1ncnc(Nc2ccc(Br)cn2)c1N. The number of amides is 1. The Hall–Kier alpha value is -3.20. The lowest BCUT2D eigenvalue weighted by molar-refractivity contribution is 0.0962. The number of nitrogen functional groups attached to an aromatic ring is 1. The number of nitrogens with one attached hydrogen (secondary N) is 3. The zero-order valence-corrected chi connectivity index (χ0v) is 15.4. The number of hydrazine groups is 1. The maximum absolute atomic E-state index is 12.3. The molecule has 0 atom stereocenters. The van der Waals surface area contributed by atoms with Crippen LogP contribution in [0.1, 0.15) is 15.9 Å². The minimum absolute atomic E-state index is 0.252. The van der Waals surface area contributed by atoms with Crippen LogP contribution in [-0.4, -0.2) is 20.9 Å². The van der Waals surface area contributed by atoms with Gasteiger partial charge in [-0.3, -0.25) is 15.6 Å². The highest BCUT2D eigenvalue weighted by Gasteiger charge is 2.12. The van der Waals surface area contributed by atoms with Gasteiger partial charge in [-0.05, 0) is 46.6 Å². The Morgan fingerprint density at radius 3 is 2.58 bits per heavy atom. The average molecular weight is 414 g/mol. The molecule has 0 saturated carbocycles. The van der Waals surface area contributed by atoms with Crippen molar-refractivity contribution < 1.29 is 4.79 Å². The summed E-state index contributed by atoms with van der Waals surface area (Å²) in [6.45, 7) is 1.86. The molecule has 2 aromatic heterocycles. The second kappa shape index (κ2) is 7.79. The Morgan fingerprint density at radius 1 is 1.08 bits per heavy atom. The van der Waals surface area contributed by atoms with E-state index in [1.165, 1.54) is 6.33 Å². The third-order valence-electron chi connectivity index (χ3n) is 3.54. The van der Waals surface area contributed by atoms with Crippen molar-refractivity contribution in [1.29, 1.82) is 0 Å². The highest BCUT2D eigenvalue weighted by atomic mass is 79.9. The summed E-state index contributed by atoms with van der Waals surface area (Å²) in [6, 6.07) is 10.9. The van der Waals surface area contributed by atoms with Gasteiger partial charge in [0, 0.05) is 16.2 Å². The third kappa shape index (κ3) is 4.06. The molecule has 0 radical (unpaired) electrons. The number of hydrogen-bond acceptors (Lipinski definition) is 7. The molecular weight excluding hydrogens is 398 g/mol. The number of nitrogens with two attached hydrogens (primary N) is 1. The maximum Gasteiger partial charge on any atom is 0.269 e. The average Bonchev–Trinajstić information content (AvgIpc) is 2.64. The number of halogens is 1. The van der Waals surface area contributed by atoms with Gasteiger partial charge in [0.15, 0.2) is 11.6 Å². The summed E-state index contributed by atoms with van der Waals surface area (Å²) in [4.78, 5) is 24.6. The van der Waals surface area contributed by atoms with Gasteiger partial charge in [-0.25, -0.2) is 15.0 Å². The molecule has 9 heteroatoms. The summed E-state index contributed by atoms with van der Waals surface area (Å²) in [7, 11) is 0. The predicted molar refractivity (Wildman–Crippen MR) is 104 cm³/mol. The number of benzene rings is 1. The Bertz CT molecular complexity index is 931. The van der Waals surface area contributed by atoms with E-state index >= 15 is 0 Å². The van der Waals surface area contributed by atoms with Crippen LogP contribution >= 0.6 is 15.9 Å². The molecule has 0 spiro atoms. The molecule has 0 saturated heterocycles. The first-order valence-corrected chi connectivity index (χ1v) is 8.45. The number of anilines is 4. The topological polar surface area (TPSA) is 118 Å². The molecule has 26 heavy (non-hydrogen) atoms. The predicted octanol–water partition coefficient (Wildman–Crippen LogP) is 3.03. The number of carbonyl (C=O) groups excluding carboxylic acids is 1. The van der Waals surface area contributed by atoms with Crippen molar-refractivity contribution in [1.82, 2.24) is 20.4 Å². The van der Waals surface area contributed by atoms with Gasteiger partial charge in [-0.2, -0.15) is 0 Å². The summed E-state index contributed by atoms with van der Waals surface area (Å²) in [5, 5.41) is 3.01. The molecule has 8 nitrogen and oxygen atoms in total. The monoisotopic (exact) mass is 413 g/mol. The summed E-state index contributed by atoms with van der Waals surface area (Å²) < 4.78 is 0.861. The molecule has 0 bridgehead atoms. The van der Waals surface area contributed by atoms with E-state index in [1.807, 2.05) is 25.1 Å². The standard InChI is InChI=1S/C17H16BrN7O/c1-10-4-2-3-5-12(10)17(26)25-24-16-14(19)15(21-9-22-16)23-13-7-6-11(18)8-20-13/h2-9H,19H2,1H3,(H,25,26)(H2,20,21,22,23,24). The highest BCUT2D eigenvalue weighted by Crippen LogP contribution is 2.25. The molecule has 0 aliphatic carbocycles. The number of nitrogens with zero attached hydrogens (tertiary/aromatic N) is 3. The summed E-state index contributed by atoms with van der Waals surface area (Å²) >= 11 is 3.32. The number of rotatable bonds is 5. The molecule has 3 aromatic rings. The molecule has 132 valence electrons. The van der Waals surface area contributed by atoms with Crippen molar-refractivity contribution in [2.75, 3.05) is 16.5 Å². The van der Waals surface area contributed by atoms with Crippen LogP contribution in [0.5, 0.6) is 0 Å². The lowest BCUT2D eigenvalue weighted by Gasteiger charge is -2.13. The van der Waals surface area contributed by atoms with Crippen LogP contribution in [0.15, 0.2) is 53.4 Å². The summed E-state index contributed by atoms with van der Waals surface area (Å²) in [5.41, 5.74) is 13.1. The smallest absolute Gasteiger partial charge is 0.269 e. The molecule has 0 fully saturated rings. The largest absolute Gasteiger partial charge is 0.393 e. The maximum atomic E-state index is 12.3. The van der Waals surface area contributed by atoms with E-state index in [1.54, 1.807) is 24.4 Å². The van der Waals surface area contributed by atoms with Crippen LogP contribution in [0.25, 0.3) is 0 Å². The molecule has 1 amide bonds. The normalized spacial score (nSPS) is 10.2. The van der Waals surface area contributed by atoms with Gasteiger partial charge in [0.25, 0.3) is 5.91 Å². The molecule has 2 heterocycles. The van der Waals surface area contributed by atoms with Crippen molar-refractivity contribution in [2.24, 2.45) is 0 Å². The van der Waals surface area contributed by atoms with Crippen molar-refractivity contribution in [3.8, 4) is 0 Å². The number of hydrogen-bond donors (Lipinski definition) is 4. The minimum Gasteiger partial charge on any atom is -0.393 e. The van der Waals surface area contributed by atoms with E-state index < -0.39 is 0 Å². The van der Waals surface area contributed by atoms with E-state index in [4.69, 9.17) is 5.73 Å². The van der Waals surface area contributed by atoms with Gasteiger partial charge < -0.3 is 11.1 Å². The van der Waals surface area contributed by atoms with E-state index in [9.17, 15) is 4.79 Å². The van der Waals surface area contributed by atoms with Crippen LogP contribution < -0.4 is 21.9 Å². The molecule has 5 N–H and O–H groups in total. The Balaban J connectivity index is 1.72. The first-order chi connectivity index (χ1) is 12.5. The van der Waals surface area contributed by atoms with Crippen LogP contribution in [0, 0.1) is 6.92 Å². The molecule has 0 unspecified atom stereocenters. The zero-order chi connectivity index (χ0) is 18.5. The van der Waals surface area contributed by atoms with E-state index in [-0.39, 0.29) is 17.4 Å². The van der Waals surface area contributed by atoms with Gasteiger partial charge >= 0.3 is 0 Å². The van der Waals surface area contributed by atoms with Crippen LogP contribution in [0.3, 0.4) is 0 Å². The van der Waals surface area contributed by atoms with Gasteiger partial charge in [0.2, 0.25) is 0 Å². The molecular formula is C17H16BrN7O. The lowest BCUT2D eigenvalue weighted by atomic mass is 10.1. The number of pyridine rings is 1. The third-order valence-corrected chi connectivity index (χ3v) is 4.01. The first-order valence-electron chi connectivity index (χ1n) is 7.65. The van der Waals surface area contributed by atoms with Crippen LogP contribution in [0.4, 0.5) is 23.1 Å². The first kappa shape index (κ1) is 17.6.